The molecule has 5 amide bonds. The molecular weight excluding hydrogens is 685 g/mol. The normalized spacial score (nSPS) is 20.8. The Morgan fingerprint density at radius 3 is 2.00 bits per heavy atom. The maximum Gasteiger partial charge on any atom is 0.326 e. The maximum atomic E-state index is 14.2. The first-order chi connectivity index (χ1) is 23.0. The number of ketones is 1. The van der Waals surface area contributed by atoms with Crippen molar-refractivity contribution in [3.05, 3.63) is 35.9 Å². The lowest BCUT2D eigenvalue weighted by Crippen LogP contribution is -2.60. The van der Waals surface area contributed by atoms with Gasteiger partial charge < -0.3 is 31.3 Å². The highest BCUT2D eigenvalue weighted by molar-refractivity contribution is 6.48. The van der Waals surface area contributed by atoms with Crippen LogP contribution >= 0.6 is 23.2 Å². The van der Waals surface area contributed by atoms with Gasteiger partial charge in [-0.15, -0.1) is 23.2 Å². The van der Waals surface area contributed by atoms with Crippen LogP contribution in [-0.2, 0) is 28.7 Å². The quantitative estimate of drug-likeness (QED) is 0.129. The fourth-order valence-corrected chi connectivity index (χ4v) is 6.29. The van der Waals surface area contributed by atoms with Crippen molar-refractivity contribution in [3.8, 4) is 0 Å². The van der Waals surface area contributed by atoms with Gasteiger partial charge in [-0.3, -0.25) is 24.0 Å². The molecule has 1 saturated heterocycles. The third-order valence-electron chi connectivity index (χ3n) is 8.57. The highest BCUT2D eigenvalue weighted by atomic mass is 35.5. The van der Waals surface area contributed by atoms with E-state index in [4.69, 9.17) is 33.7 Å². The molecule has 50 heavy (non-hydrogen) atoms. The number of hydrogen-bond donors (Lipinski definition) is 4. The van der Waals surface area contributed by atoms with Crippen molar-refractivity contribution >= 4 is 58.7 Å². The zero-order valence-electron chi connectivity index (χ0n) is 30.7. The Morgan fingerprint density at radius 1 is 0.960 bits per heavy atom. The number of amides is 5. The summed E-state index contributed by atoms with van der Waals surface area (Å²) in [5, 5.41) is 7.74. The fraction of sp³-hybridized carbons (Fsp3) is 0.667. The third-order valence-corrected chi connectivity index (χ3v) is 9.13. The number of carbonyl (C=O) groups excluding carboxylic acids is 6. The van der Waals surface area contributed by atoms with Crippen molar-refractivity contribution in [1.29, 1.82) is 0 Å². The third kappa shape index (κ3) is 13.1. The summed E-state index contributed by atoms with van der Waals surface area (Å²) in [5.41, 5.74) is 5.20. The minimum absolute atomic E-state index is 0.0157. The smallest absolute Gasteiger partial charge is 0.326 e. The molecule has 5 N–H and O–H groups in total. The van der Waals surface area contributed by atoms with Crippen molar-refractivity contribution in [2.24, 2.45) is 34.8 Å². The number of benzene rings is 1. The van der Waals surface area contributed by atoms with Gasteiger partial charge in [0, 0.05) is 12.5 Å². The Morgan fingerprint density at radius 2 is 1.52 bits per heavy atom. The van der Waals surface area contributed by atoms with E-state index in [9.17, 15) is 28.8 Å². The second kappa shape index (κ2) is 18.2. The average molecular weight is 741 g/mol. The summed E-state index contributed by atoms with van der Waals surface area (Å²) >= 11 is 13.0. The number of hydrogen-bond acceptors (Lipinski definition) is 7. The molecule has 0 bridgehead atoms. The first kappa shape index (κ1) is 42.8. The van der Waals surface area contributed by atoms with Gasteiger partial charge in [-0.25, -0.2) is 4.79 Å². The molecule has 6 atom stereocenters. The van der Waals surface area contributed by atoms with Crippen LogP contribution in [0.2, 0.25) is 0 Å². The topological polar surface area (TPSA) is 177 Å². The molecule has 1 aliphatic heterocycles. The molecule has 1 aromatic rings. The molecule has 1 saturated carbocycles. The second-order valence-corrected chi connectivity index (χ2v) is 17.0. The summed E-state index contributed by atoms with van der Waals surface area (Å²) < 4.78 is 4.07. The summed E-state index contributed by atoms with van der Waals surface area (Å²) in [6.07, 6.45) is 1.46. The standard InChI is InChI=1S/C32H45Cl2N5O7.C4H10/c1-17-21(32(6,33)34)16-39(24(17)28(43)37-22(14-19-12-13-19)25(41)27(35)42)29(44)26(31(3,4)5)38-30(45)36-15-23(40)46-18(2)20-10-8-7-9-11-20;1-4(2)3/h7-11,17-19,21-22,24,26H,12-16H2,1-6H3,(H2,35,42)(H,37,43)(H2,36,38,45);4H,1-3H3/t17?,18?,21-,22?,24?,26?;/m0./s1. The van der Waals surface area contributed by atoms with Gasteiger partial charge in [0.05, 0.1) is 6.04 Å². The molecule has 2 fully saturated rings. The average Bonchev–Trinajstić information content (AvgIpc) is 3.75. The molecule has 3 rings (SSSR count). The Labute approximate surface area is 306 Å². The van der Waals surface area contributed by atoms with Crippen LogP contribution in [0.5, 0.6) is 0 Å². The van der Waals surface area contributed by atoms with Crippen molar-refractivity contribution in [1.82, 2.24) is 20.9 Å². The molecule has 1 aromatic carbocycles. The first-order valence-electron chi connectivity index (χ1n) is 17.2. The molecule has 0 radical (unpaired) electrons. The second-order valence-electron chi connectivity index (χ2n) is 15.2. The summed E-state index contributed by atoms with van der Waals surface area (Å²) in [6, 6.07) is 4.91. The number of likely N-dealkylation sites (tertiary alicyclic amines) is 1. The first-order valence-corrected chi connectivity index (χ1v) is 17.9. The molecule has 2 aliphatic rings. The summed E-state index contributed by atoms with van der Waals surface area (Å²) in [5.74, 6) is -4.10. The molecular formula is C36H55Cl2N5O7. The molecule has 12 nitrogen and oxygen atoms in total. The number of halogens is 2. The van der Waals surface area contributed by atoms with Gasteiger partial charge in [0.15, 0.2) is 0 Å². The van der Waals surface area contributed by atoms with Crippen molar-refractivity contribution in [2.45, 2.75) is 110 Å². The molecule has 1 heterocycles. The van der Waals surface area contributed by atoms with Gasteiger partial charge in [0.1, 0.15) is 29.1 Å². The van der Waals surface area contributed by atoms with E-state index in [-0.39, 0.29) is 18.9 Å². The van der Waals surface area contributed by atoms with E-state index >= 15 is 0 Å². The van der Waals surface area contributed by atoms with E-state index in [1.807, 2.05) is 30.3 Å². The van der Waals surface area contributed by atoms with Crippen LogP contribution in [-0.4, -0.2) is 76.0 Å². The Hall–Kier alpha value is -3.38. The molecule has 5 unspecified atom stereocenters. The van der Waals surface area contributed by atoms with Crippen molar-refractivity contribution < 1.29 is 33.5 Å². The number of primary amides is 1. The fourth-order valence-electron chi connectivity index (χ4n) is 5.75. The van der Waals surface area contributed by atoms with Crippen LogP contribution in [0.15, 0.2) is 30.3 Å². The lowest BCUT2D eigenvalue weighted by molar-refractivity contribution is -0.147. The Kier molecular flexibility index (Phi) is 15.6. The highest BCUT2D eigenvalue weighted by Gasteiger charge is 2.53. The predicted octanol–water partition coefficient (Wildman–Crippen LogP) is 4.66. The zero-order chi connectivity index (χ0) is 38.1. The van der Waals surface area contributed by atoms with Crippen LogP contribution < -0.4 is 21.7 Å². The number of Topliss-reactive ketones (excluding diaryl/α,β-unsaturated/α-hetero) is 1. The minimum atomic E-state index is -1.33. The molecule has 14 heteroatoms. The van der Waals surface area contributed by atoms with Crippen molar-refractivity contribution in [3.63, 3.8) is 0 Å². The number of alkyl halides is 2. The van der Waals surface area contributed by atoms with Gasteiger partial charge >= 0.3 is 12.0 Å². The van der Waals surface area contributed by atoms with E-state index < -0.39 is 87.9 Å². The van der Waals surface area contributed by atoms with E-state index in [2.05, 4.69) is 36.7 Å². The number of nitrogens with zero attached hydrogens (tertiary/aromatic N) is 1. The highest BCUT2D eigenvalue weighted by Crippen LogP contribution is 2.43. The van der Waals surface area contributed by atoms with Crippen LogP contribution in [0.3, 0.4) is 0 Å². The minimum Gasteiger partial charge on any atom is -0.456 e. The van der Waals surface area contributed by atoms with E-state index in [1.54, 1.807) is 41.5 Å². The number of nitrogens with two attached hydrogens (primary N) is 1. The summed E-state index contributed by atoms with van der Waals surface area (Å²) in [4.78, 5) is 79.0. The zero-order valence-corrected chi connectivity index (χ0v) is 32.2. The number of ether oxygens (including phenoxy) is 1. The lowest BCUT2D eigenvalue weighted by atomic mass is 9.85. The number of esters is 1. The summed E-state index contributed by atoms with van der Waals surface area (Å²) in [7, 11) is 0. The summed E-state index contributed by atoms with van der Waals surface area (Å²) in [6.45, 7) is 16.3. The number of nitrogens with one attached hydrogen (secondary N) is 3. The van der Waals surface area contributed by atoms with Crippen LogP contribution in [0.1, 0.15) is 93.2 Å². The van der Waals surface area contributed by atoms with E-state index in [1.165, 1.54) is 4.90 Å². The van der Waals surface area contributed by atoms with Gasteiger partial charge in [-0.05, 0) is 49.0 Å². The molecule has 0 aromatic heterocycles. The van der Waals surface area contributed by atoms with Crippen molar-refractivity contribution in [2.75, 3.05) is 13.1 Å². The van der Waals surface area contributed by atoms with E-state index in [0.717, 1.165) is 24.3 Å². The monoisotopic (exact) mass is 739 g/mol. The van der Waals surface area contributed by atoms with Gasteiger partial charge in [-0.2, -0.15) is 0 Å². The predicted molar refractivity (Wildman–Crippen MR) is 193 cm³/mol. The number of urea groups is 1. The number of rotatable bonds is 13. The van der Waals surface area contributed by atoms with Gasteiger partial charge in [0.25, 0.3) is 5.91 Å². The molecule has 0 spiro atoms. The maximum absolute atomic E-state index is 14.2. The van der Waals surface area contributed by atoms with Gasteiger partial charge in [-0.1, -0.05) is 91.6 Å². The lowest BCUT2D eigenvalue weighted by Gasteiger charge is -2.36. The Bertz CT molecular complexity index is 1360. The van der Waals surface area contributed by atoms with Crippen LogP contribution in [0, 0.1) is 29.1 Å². The van der Waals surface area contributed by atoms with Gasteiger partial charge in [0.2, 0.25) is 17.6 Å². The van der Waals surface area contributed by atoms with Crippen LogP contribution in [0.25, 0.3) is 0 Å². The SMILES string of the molecule is CC(C)C.CC(OC(=O)CNC(=O)NC(C(=O)N1C[C@H](C(C)(Cl)Cl)C(C)C1C(=O)NC(CC1CC1)C(=O)C(N)=O)C(C)(C)C)c1ccccc1. The molecule has 1 aliphatic carbocycles. The number of carbonyl (C=O) groups is 6. The molecule has 280 valence electrons. The van der Waals surface area contributed by atoms with E-state index in [0.29, 0.717) is 0 Å². The largest absolute Gasteiger partial charge is 0.456 e. The Balaban J connectivity index is 0.00000205. The van der Waals surface area contributed by atoms with Crippen LogP contribution in [0.4, 0.5) is 4.79 Å².